The van der Waals surface area contributed by atoms with Gasteiger partial charge in [-0.25, -0.2) is 4.39 Å². The minimum atomic E-state index is -4.70. The van der Waals surface area contributed by atoms with Crippen LogP contribution in [0.4, 0.5) is 17.6 Å². The van der Waals surface area contributed by atoms with Crippen molar-refractivity contribution in [1.29, 1.82) is 0 Å². The second-order valence-corrected chi connectivity index (χ2v) is 4.15. The third kappa shape index (κ3) is 2.18. The second kappa shape index (κ2) is 4.13. The smallest absolute Gasteiger partial charge is 0.294 e. The molecule has 1 aliphatic rings. The van der Waals surface area contributed by atoms with Crippen molar-refractivity contribution in [2.75, 3.05) is 0 Å². The first-order valence-corrected chi connectivity index (χ1v) is 5.31. The zero-order valence-electron chi connectivity index (χ0n) is 8.85. The van der Waals surface area contributed by atoms with Gasteiger partial charge in [0, 0.05) is 5.92 Å². The average molecular weight is 246 g/mol. The minimum Gasteiger partial charge on any atom is -0.294 e. The van der Waals surface area contributed by atoms with E-state index in [1.165, 1.54) is 0 Å². The maximum Gasteiger partial charge on any atom is 0.417 e. The van der Waals surface area contributed by atoms with Crippen LogP contribution in [0.5, 0.6) is 0 Å². The Hall–Kier alpha value is -1.39. The number of hydrogen-bond donors (Lipinski definition) is 0. The number of carbonyl (C=O) groups is 1. The molecule has 0 aliphatic heterocycles. The molecule has 0 bridgehead atoms. The monoisotopic (exact) mass is 246 g/mol. The summed E-state index contributed by atoms with van der Waals surface area (Å²) in [6.07, 6.45) is -2.79. The van der Waals surface area contributed by atoms with Crippen LogP contribution in [-0.4, -0.2) is 5.78 Å². The maximum absolute atomic E-state index is 13.4. The van der Waals surface area contributed by atoms with E-state index in [1.54, 1.807) is 0 Å². The number of rotatable bonds is 2. The lowest BCUT2D eigenvalue weighted by Crippen LogP contribution is -2.26. The van der Waals surface area contributed by atoms with Crippen molar-refractivity contribution in [3.8, 4) is 0 Å². The molecular formula is C12H10F4O. The molecular weight excluding hydrogens is 236 g/mol. The first-order valence-electron chi connectivity index (χ1n) is 5.31. The Bertz CT molecular complexity index is 446. The van der Waals surface area contributed by atoms with E-state index in [-0.39, 0.29) is 0 Å². The van der Waals surface area contributed by atoms with Gasteiger partial charge in [-0.15, -0.1) is 0 Å². The van der Waals surface area contributed by atoms with Crippen LogP contribution in [0.1, 0.15) is 35.2 Å². The molecule has 5 heteroatoms. The Labute approximate surface area is 95.4 Å². The van der Waals surface area contributed by atoms with Crippen molar-refractivity contribution in [1.82, 2.24) is 0 Å². The summed E-state index contributed by atoms with van der Waals surface area (Å²) >= 11 is 0. The fourth-order valence-electron chi connectivity index (χ4n) is 1.89. The van der Waals surface area contributed by atoms with Crippen LogP contribution in [0.15, 0.2) is 18.2 Å². The highest BCUT2D eigenvalue weighted by Crippen LogP contribution is 2.37. The zero-order valence-corrected chi connectivity index (χ0v) is 8.85. The van der Waals surface area contributed by atoms with Gasteiger partial charge in [0.15, 0.2) is 5.78 Å². The molecule has 0 spiro atoms. The fourth-order valence-corrected chi connectivity index (χ4v) is 1.89. The zero-order chi connectivity index (χ0) is 12.6. The number of alkyl halides is 3. The van der Waals surface area contributed by atoms with Gasteiger partial charge in [0.25, 0.3) is 0 Å². The number of ketones is 1. The maximum atomic E-state index is 13.4. The first kappa shape index (κ1) is 12.1. The number of carbonyl (C=O) groups excluding carboxylic acids is 1. The molecule has 1 aromatic rings. The van der Waals surface area contributed by atoms with E-state index >= 15 is 0 Å². The number of benzene rings is 1. The SMILES string of the molecule is O=C(c1c(F)cccc1C(F)(F)F)C1CCC1. The highest BCUT2D eigenvalue weighted by molar-refractivity contribution is 6.00. The lowest BCUT2D eigenvalue weighted by molar-refractivity contribution is -0.138. The van der Waals surface area contributed by atoms with Gasteiger partial charge in [0.05, 0.1) is 11.1 Å². The summed E-state index contributed by atoms with van der Waals surface area (Å²) in [6.45, 7) is 0. The lowest BCUT2D eigenvalue weighted by Gasteiger charge is -2.25. The number of Topliss-reactive ketones (excluding diaryl/α,β-unsaturated/α-hetero) is 1. The molecule has 0 unspecified atom stereocenters. The van der Waals surface area contributed by atoms with Crippen LogP contribution < -0.4 is 0 Å². The van der Waals surface area contributed by atoms with E-state index in [9.17, 15) is 22.4 Å². The van der Waals surface area contributed by atoms with E-state index in [0.717, 1.165) is 24.6 Å². The van der Waals surface area contributed by atoms with Crippen molar-refractivity contribution in [3.63, 3.8) is 0 Å². The molecule has 0 amide bonds. The largest absolute Gasteiger partial charge is 0.417 e. The molecule has 0 N–H and O–H groups in total. The molecule has 0 saturated heterocycles. The number of hydrogen-bond acceptors (Lipinski definition) is 1. The van der Waals surface area contributed by atoms with Crippen molar-refractivity contribution in [2.24, 2.45) is 5.92 Å². The minimum absolute atomic E-state index is 0.451. The summed E-state index contributed by atoms with van der Waals surface area (Å²) in [6, 6.07) is 2.60. The van der Waals surface area contributed by atoms with Crippen molar-refractivity contribution in [2.45, 2.75) is 25.4 Å². The van der Waals surface area contributed by atoms with E-state index < -0.39 is 34.8 Å². The standard InChI is InChI=1S/C12H10F4O/c13-9-6-2-5-8(12(14,15)16)10(9)11(17)7-3-1-4-7/h2,5-7H,1,3-4H2. The van der Waals surface area contributed by atoms with E-state index in [1.807, 2.05) is 0 Å². The van der Waals surface area contributed by atoms with Gasteiger partial charge in [-0.3, -0.25) is 4.79 Å². The summed E-state index contributed by atoms with van der Waals surface area (Å²) in [5.41, 5.74) is -1.97. The first-order chi connectivity index (χ1) is 7.91. The fraction of sp³-hybridized carbons (Fsp3) is 0.417. The normalized spacial score (nSPS) is 16.7. The summed E-state index contributed by atoms with van der Waals surface area (Å²) < 4.78 is 51.4. The second-order valence-electron chi connectivity index (χ2n) is 4.15. The molecule has 0 aromatic heterocycles. The van der Waals surface area contributed by atoms with Crippen LogP contribution in [0, 0.1) is 11.7 Å². The Morgan fingerprint density at radius 2 is 1.88 bits per heavy atom. The summed E-state index contributed by atoms with van der Waals surface area (Å²) in [5.74, 6) is -2.26. The Kier molecular flexibility index (Phi) is 2.93. The van der Waals surface area contributed by atoms with Crippen LogP contribution in [0.2, 0.25) is 0 Å². The van der Waals surface area contributed by atoms with Crippen LogP contribution in [0.3, 0.4) is 0 Å². The summed E-state index contributed by atoms with van der Waals surface area (Å²) in [5, 5.41) is 0. The average Bonchev–Trinajstić information content (AvgIpc) is 2.12. The Morgan fingerprint density at radius 3 is 2.35 bits per heavy atom. The summed E-state index contributed by atoms with van der Waals surface area (Å²) in [4.78, 5) is 11.8. The van der Waals surface area contributed by atoms with Gasteiger partial charge in [0.2, 0.25) is 0 Å². The van der Waals surface area contributed by atoms with Gasteiger partial charge >= 0.3 is 6.18 Å². The third-order valence-electron chi connectivity index (χ3n) is 3.04. The predicted octanol–water partition coefficient (Wildman–Crippen LogP) is 3.83. The molecule has 1 saturated carbocycles. The molecule has 1 aromatic carbocycles. The lowest BCUT2D eigenvalue weighted by atomic mass is 9.79. The Morgan fingerprint density at radius 1 is 1.24 bits per heavy atom. The van der Waals surface area contributed by atoms with Crippen molar-refractivity contribution >= 4 is 5.78 Å². The topological polar surface area (TPSA) is 17.1 Å². The van der Waals surface area contributed by atoms with Gasteiger partial charge in [-0.05, 0) is 25.0 Å². The van der Waals surface area contributed by atoms with E-state index in [2.05, 4.69) is 0 Å². The number of halogens is 4. The van der Waals surface area contributed by atoms with E-state index in [4.69, 9.17) is 0 Å². The molecule has 17 heavy (non-hydrogen) atoms. The highest BCUT2D eigenvalue weighted by Gasteiger charge is 2.39. The molecule has 1 nitrogen and oxygen atoms in total. The molecule has 1 aliphatic carbocycles. The van der Waals surface area contributed by atoms with Gasteiger partial charge in [-0.2, -0.15) is 13.2 Å². The van der Waals surface area contributed by atoms with E-state index in [0.29, 0.717) is 12.8 Å². The van der Waals surface area contributed by atoms with Crippen LogP contribution in [0.25, 0.3) is 0 Å². The molecule has 2 rings (SSSR count). The van der Waals surface area contributed by atoms with Gasteiger partial charge in [0.1, 0.15) is 5.82 Å². The molecule has 0 atom stereocenters. The van der Waals surface area contributed by atoms with Crippen LogP contribution >= 0.6 is 0 Å². The third-order valence-corrected chi connectivity index (χ3v) is 3.04. The van der Waals surface area contributed by atoms with Crippen LogP contribution in [-0.2, 0) is 6.18 Å². The molecule has 0 radical (unpaired) electrons. The molecule has 0 heterocycles. The predicted molar refractivity (Wildman–Crippen MR) is 53.1 cm³/mol. The van der Waals surface area contributed by atoms with Gasteiger partial charge in [-0.1, -0.05) is 12.5 Å². The quantitative estimate of drug-likeness (QED) is 0.572. The van der Waals surface area contributed by atoms with Crippen molar-refractivity contribution < 1.29 is 22.4 Å². The van der Waals surface area contributed by atoms with Gasteiger partial charge < -0.3 is 0 Å². The summed E-state index contributed by atoms with van der Waals surface area (Å²) in [7, 11) is 0. The molecule has 92 valence electrons. The van der Waals surface area contributed by atoms with Crippen molar-refractivity contribution in [3.05, 3.63) is 35.1 Å². The highest BCUT2D eigenvalue weighted by atomic mass is 19.4. The Balaban J connectivity index is 2.47. The molecule has 1 fully saturated rings.